The Bertz CT molecular complexity index is 235. The molecule has 0 amide bonds. The Kier molecular flexibility index (Phi) is 2.43. The van der Waals surface area contributed by atoms with E-state index in [1.165, 1.54) is 11.5 Å². The van der Waals surface area contributed by atoms with Crippen LogP contribution in [0.5, 0.6) is 0 Å². The van der Waals surface area contributed by atoms with E-state index in [4.69, 9.17) is 0 Å². The zero-order valence-electron chi connectivity index (χ0n) is 7.00. The molecule has 0 atom stereocenters. The second-order valence-electron chi connectivity index (χ2n) is 3.32. The third kappa shape index (κ3) is 1.60. The molecule has 0 N–H and O–H groups in total. The normalized spacial score (nSPS) is 18.2. The first-order chi connectivity index (χ1) is 5.36. The van der Waals surface area contributed by atoms with Crippen LogP contribution in [0.3, 0.4) is 0 Å². The van der Waals surface area contributed by atoms with Crippen molar-refractivity contribution in [3.8, 4) is 0 Å². The number of hydrogen-bond acceptors (Lipinski definition) is 0. The van der Waals surface area contributed by atoms with Crippen LogP contribution < -0.4 is 0 Å². The monoisotopic (exact) mass is 237 g/mol. The van der Waals surface area contributed by atoms with Crippen molar-refractivity contribution in [2.45, 2.75) is 22.9 Å². The number of alkyl halides is 3. The van der Waals surface area contributed by atoms with Crippen LogP contribution in [0.15, 0.2) is 16.6 Å². The van der Waals surface area contributed by atoms with Crippen LogP contribution in [-0.2, 0) is 0 Å². The second kappa shape index (κ2) is 2.94. The predicted molar refractivity (Wildman–Crippen MR) is 44.1 cm³/mol. The Morgan fingerprint density at radius 3 is 2.33 bits per heavy atom. The van der Waals surface area contributed by atoms with Crippen molar-refractivity contribution in [3.63, 3.8) is 0 Å². The van der Waals surface area contributed by atoms with E-state index in [0.29, 0.717) is 10.8 Å². The van der Waals surface area contributed by atoms with E-state index in [-0.39, 0.29) is 0 Å². The van der Waals surface area contributed by atoms with E-state index in [2.05, 4.69) is 6.08 Å². The fraction of sp³-hybridized carbons (Fsp3) is 0.500. The summed E-state index contributed by atoms with van der Waals surface area (Å²) >= 11 is -3.77. The van der Waals surface area contributed by atoms with Gasteiger partial charge in [0.05, 0.1) is 0 Å². The summed E-state index contributed by atoms with van der Waals surface area (Å²) in [6.45, 7) is 0. The molecule has 0 saturated carbocycles. The predicted octanol–water partition coefficient (Wildman–Crippen LogP) is 3.02. The molecule has 0 saturated heterocycles. The fourth-order valence-corrected chi connectivity index (χ4v) is 3.89. The topological polar surface area (TPSA) is 0 Å². The summed E-state index contributed by atoms with van der Waals surface area (Å²) in [7, 11) is 0. The minimum atomic E-state index is -4.00. The van der Waals surface area contributed by atoms with Crippen molar-refractivity contribution in [1.82, 2.24) is 0 Å². The molecule has 0 nitrogen and oxygen atoms in total. The summed E-state index contributed by atoms with van der Waals surface area (Å²) in [6, 6.07) is 0. The molecule has 0 bridgehead atoms. The molecule has 1 aliphatic carbocycles. The standard InChI is InChI=1S/C8H10F3Ge/c1-12(2,8(9,10)11)7-5-3-4-6-7/h3,5H,4H2,1-2H3. The SMILES string of the molecule is [CH3][Ge]([CH3])([C]1=[C]CC=C1)[C](F)(F)F. The zero-order chi connectivity index (χ0) is 9.41. The molecule has 1 rings (SSSR count). The molecule has 67 valence electrons. The van der Waals surface area contributed by atoms with Crippen molar-refractivity contribution in [2.24, 2.45) is 0 Å². The van der Waals surface area contributed by atoms with Gasteiger partial charge in [-0.25, -0.2) is 0 Å². The van der Waals surface area contributed by atoms with Gasteiger partial charge in [-0.1, -0.05) is 0 Å². The molecule has 0 aromatic rings. The Morgan fingerprint density at radius 1 is 1.42 bits per heavy atom. The van der Waals surface area contributed by atoms with Gasteiger partial charge in [0.1, 0.15) is 0 Å². The van der Waals surface area contributed by atoms with Gasteiger partial charge in [0.15, 0.2) is 0 Å². The van der Waals surface area contributed by atoms with Gasteiger partial charge in [-0.15, -0.1) is 0 Å². The molecule has 0 spiro atoms. The molecule has 12 heavy (non-hydrogen) atoms. The molecule has 0 unspecified atom stereocenters. The van der Waals surface area contributed by atoms with E-state index >= 15 is 0 Å². The maximum absolute atomic E-state index is 12.5. The first-order valence-corrected chi connectivity index (χ1v) is 9.99. The van der Waals surface area contributed by atoms with Crippen molar-refractivity contribution in [3.05, 3.63) is 22.6 Å². The van der Waals surface area contributed by atoms with Crippen molar-refractivity contribution < 1.29 is 13.2 Å². The first-order valence-electron chi connectivity index (χ1n) is 3.70. The first kappa shape index (κ1) is 9.90. The molecular formula is C8H10F3Ge. The molecule has 0 aromatic carbocycles. The van der Waals surface area contributed by atoms with Crippen LogP contribution in [0.25, 0.3) is 0 Å². The molecule has 0 heterocycles. The molecule has 0 aliphatic heterocycles. The van der Waals surface area contributed by atoms with Crippen LogP contribution in [-0.4, -0.2) is 18.3 Å². The van der Waals surface area contributed by atoms with Gasteiger partial charge in [-0.3, -0.25) is 0 Å². The van der Waals surface area contributed by atoms with Gasteiger partial charge in [-0.2, -0.15) is 0 Å². The molecule has 0 fully saturated rings. The second-order valence-corrected chi connectivity index (χ2v) is 12.5. The Morgan fingerprint density at radius 2 is 2.00 bits per heavy atom. The van der Waals surface area contributed by atoms with Gasteiger partial charge in [0.2, 0.25) is 0 Å². The van der Waals surface area contributed by atoms with Gasteiger partial charge < -0.3 is 0 Å². The van der Waals surface area contributed by atoms with Crippen molar-refractivity contribution in [1.29, 1.82) is 0 Å². The quantitative estimate of drug-likeness (QED) is 0.613. The Hall–Kier alpha value is -0.187. The van der Waals surface area contributed by atoms with Gasteiger partial charge >= 0.3 is 72.0 Å². The summed E-state index contributed by atoms with van der Waals surface area (Å²) in [5.74, 6) is 2.72. The summed E-state index contributed by atoms with van der Waals surface area (Å²) in [5.41, 5.74) is 0. The van der Waals surface area contributed by atoms with Crippen molar-refractivity contribution in [2.75, 3.05) is 0 Å². The van der Waals surface area contributed by atoms with Crippen LogP contribution >= 0.6 is 0 Å². The van der Waals surface area contributed by atoms with E-state index in [0.717, 1.165) is 0 Å². The number of rotatable bonds is 1. The summed E-state index contributed by atoms with van der Waals surface area (Å²) in [6.07, 6.45) is 6.62. The molecule has 1 aliphatic rings. The third-order valence-corrected chi connectivity index (χ3v) is 8.60. The van der Waals surface area contributed by atoms with Crippen LogP contribution in [0.1, 0.15) is 6.42 Å². The molecule has 1 radical (unpaired) electrons. The minimum absolute atomic E-state index is 0.433. The maximum atomic E-state index is 12.5. The fourth-order valence-electron chi connectivity index (χ4n) is 0.987. The van der Waals surface area contributed by atoms with E-state index in [1.54, 1.807) is 12.2 Å². The number of allylic oxidation sites excluding steroid dienone is 4. The molecule has 0 aromatic heterocycles. The van der Waals surface area contributed by atoms with E-state index < -0.39 is 18.3 Å². The van der Waals surface area contributed by atoms with Gasteiger partial charge in [0.25, 0.3) is 0 Å². The van der Waals surface area contributed by atoms with Crippen molar-refractivity contribution >= 4 is 13.3 Å². The number of hydrogen-bond donors (Lipinski definition) is 0. The van der Waals surface area contributed by atoms with Crippen LogP contribution in [0.4, 0.5) is 13.2 Å². The molecular weight excluding hydrogens is 226 g/mol. The van der Waals surface area contributed by atoms with Gasteiger partial charge in [-0.05, 0) is 0 Å². The Balaban J connectivity index is 2.92. The zero-order valence-corrected chi connectivity index (χ0v) is 9.09. The summed E-state index contributed by atoms with van der Waals surface area (Å²) in [5, 5.41) is -4.00. The summed E-state index contributed by atoms with van der Waals surface area (Å²) < 4.78 is 37.9. The van der Waals surface area contributed by atoms with E-state index in [9.17, 15) is 13.2 Å². The average molecular weight is 236 g/mol. The average Bonchev–Trinajstić information content (AvgIpc) is 2.34. The Labute approximate surface area is 72.5 Å². The number of halogens is 3. The third-order valence-electron chi connectivity index (χ3n) is 2.08. The van der Waals surface area contributed by atoms with Crippen LogP contribution in [0, 0.1) is 6.08 Å². The molecule has 4 heteroatoms. The van der Waals surface area contributed by atoms with Crippen LogP contribution in [0.2, 0.25) is 11.5 Å². The summed E-state index contributed by atoms with van der Waals surface area (Å²) in [4.78, 5) is 0. The van der Waals surface area contributed by atoms with Gasteiger partial charge in [0, 0.05) is 0 Å². The van der Waals surface area contributed by atoms with E-state index in [1.807, 2.05) is 0 Å².